The molecule has 0 radical (unpaired) electrons. The van der Waals surface area contributed by atoms with Crippen LogP contribution in [-0.2, 0) is 12.8 Å². The number of halogens is 2. The molecule has 0 aromatic heterocycles. The van der Waals surface area contributed by atoms with E-state index in [0.29, 0.717) is 23.9 Å². The quantitative estimate of drug-likeness (QED) is 0.450. The molecule has 3 aliphatic rings. The fourth-order valence-electron chi connectivity index (χ4n) is 6.74. The summed E-state index contributed by atoms with van der Waals surface area (Å²) in [4.78, 5) is 2.72. The van der Waals surface area contributed by atoms with Crippen LogP contribution in [0.3, 0.4) is 0 Å². The van der Waals surface area contributed by atoms with E-state index in [1.807, 2.05) is 0 Å². The molecule has 0 amide bonds. The molecule has 37 heavy (non-hydrogen) atoms. The highest BCUT2D eigenvalue weighted by Gasteiger charge is 2.40. The minimum Gasteiger partial charge on any atom is -0.493 e. The lowest BCUT2D eigenvalue weighted by molar-refractivity contribution is 0.0434. The van der Waals surface area contributed by atoms with E-state index in [1.165, 1.54) is 41.6 Å². The van der Waals surface area contributed by atoms with Gasteiger partial charge in [0.25, 0.3) is 0 Å². The molecule has 2 aromatic rings. The van der Waals surface area contributed by atoms with Gasteiger partial charge in [-0.3, -0.25) is 4.90 Å². The molecular weight excluding hydrogens is 511 g/mol. The van der Waals surface area contributed by atoms with Crippen molar-refractivity contribution < 1.29 is 20.4 Å². The van der Waals surface area contributed by atoms with Gasteiger partial charge < -0.3 is 24.3 Å². The van der Waals surface area contributed by atoms with E-state index in [2.05, 4.69) is 41.4 Å². The summed E-state index contributed by atoms with van der Waals surface area (Å²) in [7, 11) is 6.90. The van der Waals surface area contributed by atoms with Crippen LogP contribution in [0.25, 0.3) is 0 Å². The second-order valence-electron chi connectivity index (χ2n) is 10.2. The molecule has 0 aliphatic carbocycles. The van der Waals surface area contributed by atoms with Crippen LogP contribution in [0.2, 0.25) is 0 Å². The maximum atomic E-state index is 5.68. The first-order valence-corrected chi connectivity index (χ1v) is 13.1. The lowest BCUT2D eigenvalue weighted by atomic mass is 9.72. The average Bonchev–Trinajstić information content (AvgIpc) is 2.91. The Kier molecular flexibility index (Phi) is 10.3. The van der Waals surface area contributed by atoms with Gasteiger partial charge in [0.15, 0.2) is 23.0 Å². The van der Waals surface area contributed by atoms with Crippen molar-refractivity contribution in [1.29, 1.82) is 0 Å². The number of hydrogen-bond acceptors (Lipinski definition) is 6. The first kappa shape index (κ1) is 29.7. The van der Waals surface area contributed by atoms with Gasteiger partial charge in [-0.1, -0.05) is 13.3 Å². The Labute approximate surface area is 235 Å². The van der Waals surface area contributed by atoms with E-state index < -0.39 is 0 Å². The van der Waals surface area contributed by atoms with Crippen molar-refractivity contribution in [2.24, 2.45) is 11.8 Å². The predicted molar refractivity (Wildman–Crippen MR) is 155 cm³/mol. The lowest BCUT2D eigenvalue weighted by Gasteiger charge is -2.48. The molecule has 8 heteroatoms. The molecule has 5 rings (SSSR count). The molecule has 0 unspecified atom stereocenters. The predicted octanol–water partition coefficient (Wildman–Crippen LogP) is 6.03. The Morgan fingerprint density at radius 2 is 1.38 bits per heavy atom. The molecule has 3 aliphatic heterocycles. The van der Waals surface area contributed by atoms with Gasteiger partial charge in [0.2, 0.25) is 0 Å². The van der Waals surface area contributed by atoms with Crippen LogP contribution in [0.4, 0.5) is 0 Å². The van der Waals surface area contributed by atoms with E-state index in [0.717, 1.165) is 55.4 Å². The zero-order valence-electron chi connectivity index (χ0n) is 22.7. The van der Waals surface area contributed by atoms with Crippen molar-refractivity contribution >= 4 is 24.8 Å². The average molecular weight is 556 g/mol. The topological polar surface area (TPSA) is 52.2 Å². The molecule has 0 bridgehead atoms. The number of nitrogens with one attached hydrogen (secondary N) is 1. The normalized spacial score (nSPS) is 24.4. The smallest absolute Gasteiger partial charge is 0.161 e. The molecule has 1 N–H and O–H groups in total. The Bertz CT molecular complexity index is 1070. The van der Waals surface area contributed by atoms with Gasteiger partial charge in [0.1, 0.15) is 0 Å². The maximum Gasteiger partial charge on any atom is 0.161 e. The summed E-state index contributed by atoms with van der Waals surface area (Å²) < 4.78 is 22.5. The lowest BCUT2D eigenvalue weighted by Crippen LogP contribution is -2.46. The van der Waals surface area contributed by atoms with Crippen molar-refractivity contribution in [3.63, 3.8) is 0 Å². The van der Waals surface area contributed by atoms with Crippen molar-refractivity contribution in [1.82, 2.24) is 10.2 Å². The monoisotopic (exact) mass is 554 g/mol. The highest BCUT2D eigenvalue weighted by molar-refractivity contribution is 5.85. The Morgan fingerprint density at radius 1 is 0.811 bits per heavy atom. The zero-order valence-corrected chi connectivity index (χ0v) is 24.3. The van der Waals surface area contributed by atoms with Crippen LogP contribution in [0, 0.1) is 11.8 Å². The molecule has 208 valence electrons. The number of ether oxygens (including phenoxy) is 4. The van der Waals surface area contributed by atoms with Crippen molar-refractivity contribution in [3.05, 3.63) is 46.5 Å². The fraction of sp³-hybridized carbons (Fsp3) is 0.586. The van der Waals surface area contributed by atoms with E-state index in [9.17, 15) is 0 Å². The molecule has 1 saturated heterocycles. The summed E-state index contributed by atoms with van der Waals surface area (Å²) in [5.41, 5.74) is 5.60. The van der Waals surface area contributed by atoms with Crippen LogP contribution in [0.1, 0.15) is 62.0 Å². The summed E-state index contributed by atoms with van der Waals surface area (Å²) in [6.07, 6.45) is 5.65. The van der Waals surface area contributed by atoms with E-state index in [-0.39, 0.29) is 26.2 Å². The first-order valence-electron chi connectivity index (χ1n) is 13.1. The van der Waals surface area contributed by atoms with Crippen LogP contribution in [0.15, 0.2) is 24.3 Å². The van der Waals surface area contributed by atoms with Gasteiger partial charge in [-0.25, -0.2) is 0 Å². The third-order valence-corrected chi connectivity index (χ3v) is 8.64. The molecule has 3 heterocycles. The maximum absolute atomic E-state index is 5.68. The number of benzene rings is 2. The molecule has 4 atom stereocenters. The number of methoxy groups -OCH3 is 4. The number of nitrogens with zero attached hydrogens (tertiary/aromatic N) is 1. The highest BCUT2D eigenvalue weighted by Crippen LogP contribution is 2.48. The second kappa shape index (κ2) is 12.8. The van der Waals surface area contributed by atoms with Crippen LogP contribution < -0.4 is 24.3 Å². The molecule has 1 fully saturated rings. The Morgan fingerprint density at radius 3 is 1.97 bits per heavy atom. The van der Waals surface area contributed by atoms with E-state index in [4.69, 9.17) is 18.9 Å². The van der Waals surface area contributed by atoms with Gasteiger partial charge >= 0.3 is 0 Å². The molecule has 6 nitrogen and oxygen atoms in total. The Balaban J connectivity index is 0.00000169. The van der Waals surface area contributed by atoms with Crippen molar-refractivity contribution in [3.8, 4) is 23.0 Å². The minimum atomic E-state index is 0. The van der Waals surface area contributed by atoms with Crippen molar-refractivity contribution in [2.45, 2.75) is 51.1 Å². The molecular formula is C29H44Cl2N2O4. The van der Waals surface area contributed by atoms with Crippen LogP contribution in [0.5, 0.6) is 23.0 Å². The molecule has 2 aromatic carbocycles. The summed E-state index contributed by atoms with van der Waals surface area (Å²) in [5, 5.41) is 3.83. The van der Waals surface area contributed by atoms with Gasteiger partial charge in [0, 0.05) is 26.6 Å². The third kappa shape index (κ3) is 5.63. The largest absolute Gasteiger partial charge is 0.493 e. The van der Waals surface area contributed by atoms with E-state index >= 15 is 0 Å². The minimum absolute atomic E-state index is 0. The highest BCUT2D eigenvalue weighted by atomic mass is 35.5. The van der Waals surface area contributed by atoms with Gasteiger partial charge in [-0.05, 0) is 90.6 Å². The molecule has 0 saturated carbocycles. The third-order valence-electron chi connectivity index (χ3n) is 8.64. The fourth-order valence-corrected chi connectivity index (χ4v) is 6.74. The Hall–Kier alpha value is -1.86. The summed E-state index contributed by atoms with van der Waals surface area (Å²) >= 11 is 0. The van der Waals surface area contributed by atoms with Gasteiger partial charge in [-0.15, -0.1) is 24.8 Å². The van der Waals surface area contributed by atoms with Gasteiger partial charge in [-0.2, -0.15) is 0 Å². The standard InChI is InChI=1S/C29H40N2O4.2ClH.H2/c1-6-18-17-31-10-8-20-14-27(33-3)29(35-5)16-23(20)25(31)12-21(18)11-24-22-15-28(34-4)26(32-2)13-19(22)7-9-30-24;;;/h13-16,18,21,24-25,30H,6-12,17H2,1-5H3;3*1H/t18-,21-,24+,25-;;;/m0.../s1. The summed E-state index contributed by atoms with van der Waals surface area (Å²) in [6.45, 7) is 5.66. The second-order valence-corrected chi connectivity index (χ2v) is 10.2. The van der Waals surface area contributed by atoms with Crippen LogP contribution in [-0.4, -0.2) is 53.0 Å². The van der Waals surface area contributed by atoms with Crippen LogP contribution >= 0.6 is 24.8 Å². The number of fused-ring (bicyclic) bond motifs is 4. The van der Waals surface area contributed by atoms with Crippen molar-refractivity contribution in [2.75, 3.05) is 48.1 Å². The SMILES string of the molecule is CC[C@H]1CN2CCc3cc(OC)c(OC)cc3[C@@H]2C[C@@H]1C[C@H]1NCCc2cc(OC)c(OC)cc21.Cl.Cl.[HH]. The summed E-state index contributed by atoms with van der Waals surface area (Å²) in [6, 6.07) is 9.61. The van der Waals surface area contributed by atoms with E-state index in [1.54, 1.807) is 28.4 Å². The number of hydrogen-bond donors (Lipinski definition) is 1. The van der Waals surface area contributed by atoms with Gasteiger partial charge in [0.05, 0.1) is 28.4 Å². The number of rotatable bonds is 7. The number of piperidine rings is 1. The first-order chi connectivity index (χ1) is 17.1. The summed E-state index contributed by atoms with van der Waals surface area (Å²) in [5.74, 6) is 4.69. The molecule has 0 spiro atoms. The zero-order chi connectivity index (χ0) is 24.5.